The van der Waals surface area contributed by atoms with Gasteiger partial charge in [-0.15, -0.1) is 11.3 Å². The van der Waals surface area contributed by atoms with E-state index in [9.17, 15) is 0 Å². The number of rotatable bonds is 5. The average Bonchev–Trinajstić information content (AvgIpc) is 2.91. The molecule has 1 atom stereocenters. The van der Waals surface area contributed by atoms with Crippen LogP contribution in [-0.4, -0.2) is 4.99 Å². The molecule has 1 unspecified atom stereocenters. The van der Waals surface area contributed by atoms with Crippen LogP contribution < -0.4 is 11.1 Å². The summed E-state index contributed by atoms with van der Waals surface area (Å²) in [5.41, 5.74) is 7.56. The van der Waals surface area contributed by atoms with Crippen LogP contribution in [0.25, 0.3) is 0 Å². The van der Waals surface area contributed by atoms with E-state index in [4.69, 9.17) is 18.0 Å². The fraction of sp³-hybridized carbons (Fsp3) is 0.214. The highest BCUT2D eigenvalue weighted by atomic mass is 79.9. The largest absolute Gasteiger partial charge is 0.389 e. The molecule has 0 saturated carbocycles. The summed E-state index contributed by atoms with van der Waals surface area (Å²) in [5, 5.41) is 5.65. The fourth-order valence-corrected chi connectivity index (χ4v) is 3.32. The molecule has 100 valence electrons. The number of hydrogen-bond donors (Lipinski definition) is 2. The third kappa shape index (κ3) is 3.55. The van der Waals surface area contributed by atoms with E-state index in [-0.39, 0.29) is 0 Å². The van der Waals surface area contributed by atoms with Crippen LogP contribution in [0.15, 0.2) is 40.2 Å². The summed E-state index contributed by atoms with van der Waals surface area (Å²) in [4.78, 5) is 1.75. The van der Waals surface area contributed by atoms with E-state index in [0.29, 0.717) is 11.0 Å². The van der Waals surface area contributed by atoms with Gasteiger partial charge in [-0.3, -0.25) is 0 Å². The highest BCUT2D eigenvalue weighted by Gasteiger charge is 2.12. The Balaban J connectivity index is 2.21. The van der Waals surface area contributed by atoms with Gasteiger partial charge in [0.25, 0.3) is 0 Å². The van der Waals surface area contributed by atoms with Crippen LogP contribution in [0.1, 0.15) is 29.8 Å². The first-order valence-corrected chi connectivity index (χ1v) is 8.09. The van der Waals surface area contributed by atoms with E-state index in [0.717, 1.165) is 22.1 Å². The quantitative estimate of drug-likeness (QED) is 0.763. The van der Waals surface area contributed by atoms with Crippen molar-refractivity contribution in [1.82, 2.24) is 0 Å². The maximum Gasteiger partial charge on any atom is 0.104 e. The lowest BCUT2D eigenvalue weighted by molar-refractivity contribution is 0.763. The Morgan fingerprint density at radius 1 is 1.47 bits per heavy atom. The SMILES string of the molecule is CCC(Nc1ccc(C(N)=S)cc1Br)c1cccs1. The highest BCUT2D eigenvalue weighted by molar-refractivity contribution is 9.10. The molecule has 0 bridgehead atoms. The molecule has 1 aromatic carbocycles. The molecule has 0 radical (unpaired) electrons. The van der Waals surface area contributed by atoms with Crippen molar-refractivity contribution in [2.75, 3.05) is 5.32 Å². The van der Waals surface area contributed by atoms with Gasteiger partial charge in [0, 0.05) is 20.6 Å². The summed E-state index contributed by atoms with van der Waals surface area (Å²) in [5.74, 6) is 0. The summed E-state index contributed by atoms with van der Waals surface area (Å²) in [6, 6.07) is 10.5. The summed E-state index contributed by atoms with van der Waals surface area (Å²) in [6.45, 7) is 2.18. The first-order chi connectivity index (χ1) is 9.11. The Labute approximate surface area is 131 Å². The summed E-state index contributed by atoms with van der Waals surface area (Å²) < 4.78 is 0.979. The monoisotopic (exact) mass is 354 g/mol. The number of nitrogens with one attached hydrogen (secondary N) is 1. The number of benzene rings is 1. The van der Waals surface area contributed by atoms with E-state index in [2.05, 4.69) is 45.7 Å². The molecule has 2 nitrogen and oxygen atoms in total. The fourth-order valence-electron chi connectivity index (χ4n) is 1.84. The second-order valence-corrected chi connectivity index (χ2v) is 6.45. The van der Waals surface area contributed by atoms with Gasteiger partial charge in [0.1, 0.15) is 4.99 Å². The van der Waals surface area contributed by atoms with Crippen molar-refractivity contribution < 1.29 is 0 Å². The molecule has 0 aliphatic rings. The minimum atomic E-state index is 0.326. The van der Waals surface area contributed by atoms with Gasteiger partial charge in [-0.2, -0.15) is 0 Å². The number of nitrogens with two attached hydrogens (primary N) is 1. The third-order valence-corrected chi connectivity index (χ3v) is 4.76. The Hall–Kier alpha value is -0.910. The van der Waals surface area contributed by atoms with Gasteiger partial charge in [-0.1, -0.05) is 25.2 Å². The molecule has 3 N–H and O–H groups in total. The van der Waals surface area contributed by atoms with Gasteiger partial charge in [0.05, 0.1) is 6.04 Å². The Bertz CT molecular complexity index is 567. The maximum atomic E-state index is 5.63. The predicted molar refractivity (Wildman–Crippen MR) is 91.0 cm³/mol. The summed E-state index contributed by atoms with van der Waals surface area (Å²) in [7, 11) is 0. The minimum absolute atomic E-state index is 0.326. The molecule has 2 aromatic rings. The van der Waals surface area contributed by atoms with Crippen molar-refractivity contribution in [1.29, 1.82) is 0 Å². The van der Waals surface area contributed by atoms with Crippen LogP contribution in [0.4, 0.5) is 5.69 Å². The van der Waals surface area contributed by atoms with E-state index < -0.39 is 0 Å². The van der Waals surface area contributed by atoms with Gasteiger partial charge in [0.15, 0.2) is 0 Å². The number of hydrogen-bond acceptors (Lipinski definition) is 3. The molecular weight excluding hydrogens is 340 g/mol. The smallest absolute Gasteiger partial charge is 0.104 e. The Morgan fingerprint density at radius 2 is 2.26 bits per heavy atom. The molecule has 0 aliphatic carbocycles. The zero-order chi connectivity index (χ0) is 13.8. The molecular formula is C14H15BrN2S2. The van der Waals surface area contributed by atoms with Crippen molar-refractivity contribution in [3.8, 4) is 0 Å². The lowest BCUT2D eigenvalue weighted by Gasteiger charge is -2.18. The lowest BCUT2D eigenvalue weighted by atomic mass is 10.1. The molecule has 5 heteroatoms. The zero-order valence-electron chi connectivity index (χ0n) is 10.5. The molecule has 0 spiro atoms. The second kappa shape index (κ2) is 6.50. The van der Waals surface area contributed by atoms with Crippen molar-refractivity contribution in [3.63, 3.8) is 0 Å². The van der Waals surface area contributed by atoms with E-state index in [1.54, 1.807) is 11.3 Å². The van der Waals surface area contributed by atoms with Gasteiger partial charge < -0.3 is 11.1 Å². The molecule has 0 fully saturated rings. The number of anilines is 1. The molecule has 19 heavy (non-hydrogen) atoms. The third-order valence-electron chi connectivity index (χ3n) is 2.88. The topological polar surface area (TPSA) is 38.0 Å². The first kappa shape index (κ1) is 14.5. The molecule has 0 amide bonds. The first-order valence-electron chi connectivity index (χ1n) is 6.01. The van der Waals surface area contributed by atoms with Crippen LogP contribution in [-0.2, 0) is 0 Å². The van der Waals surface area contributed by atoms with Crippen molar-refractivity contribution in [3.05, 3.63) is 50.6 Å². The van der Waals surface area contributed by atoms with Gasteiger partial charge in [-0.25, -0.2) is 0 Å². The van der Waals surface area contributed by atoms with Crippen molar-refractivity contribution in [2.45, 2.75) is 19.4 Å². The number of thiophene rings is 1. The maximum absolute atomic E-state index is 5.63. The lowest BCUT2D eigenvalue weighted by Crippen LogP contribution is -2.11. The molecule has 1 aromatic heterocycles. The van der Waals surface area contributed by atoms with E-state index >= 15 is 0 Å². The van der Waals surface area contributed by atoms with Crippen LogP contribution in [0.2, 0.25) is 0 Å². The Morgan fingerprint density at radius 3 is 2.79 bits per heavy atom. The van der Waals surface area contributed by atoms with E-state index in [1.165, 1.54) is 4.88 Å². The minimum Gasteiger partial charge on any atom is -0.389 e. The van der Waals surface area contributed by atoms with Gasteiger partial charge >= 0.3 is 0 Å². The van der Waals surface area contributed by atoms with Crippen molar-refractivity contribution in [2.24, 2.45) is 5.73 Å². The van der Waals surface area contributed by atoms with Crippen LogP contribution in [0, 0.1) is 0 Å². The van der Waals surface area contributed by atoms with E-state index in [1.807, 2.05) is 18.2 Å². The molecule has 2 rings (SSSR count). The second-order valence-electron chi connectivity index (χ2n) is 4.18. The zero-order valence-corrected chi connectivity index (χ0v) is 13.7. The van der Waals surface area contributed by atoms with Gasteiger partial charge in [-0.05, 0) is 52.0 Å². The van der Waals surface area contributed by atoms with Crippen molar-refractivity contribution >= 4 is 50.2 Å². The number of thiocarbonyl (C=S) groups is 1. The van der Waals surface area contributed by atoms with Crippen LogP contribution >= 0.6 is 39.5 Å². The normalized spacial score (nSPS) is 12.1. The summed E-state index contributed by atoms with van der Waals surface area (Å²) in [6.07, 6.45) is 1.03. The highest BCUT2D eigenvalue weighted by Crippen LogP contribution is 2.30. The standard InChI is InChI=1S/C14H15BrN2S2/c1-2-11(13-4-3-7-19-13)17-12-6-5-9(14(16)18)8-10(12)15/h3-8,11,17H,2H2,1H3,(H2,16,18). The van der Waals surface area contributed by atoms with Crippen LogP contribution in [0.5, 0.6) is 0 Å². The summed E-state index contributed by atoms with van der Waals surface area (Å²) >= 11 is 10.3. The van der Waals surface area contributed by atoms with Crippen LogP contribution in [0.3, 0.4) is 0 Å². The predicted octanol–water partition coefficient (Wildman–Crippen LogP) is 4.71. The molecule has 0 aliphatic heterocycles. The van der Waals surface area contributed by atoms with Gasteiger partial charge in [0.2, 0.25) is 0 Å². The molecule has 1 heterocycles. The molecule has 0 saturated heterocycles. The number of halogens is 1. The average molecular weight is 355 g/mol. The Kier molecular flexibility index (Phi) is 4.96.